The minimum atomic E-state index is -2.63. The number of thiazole rings is 1. The van der Waals surface area contributed by atoms with Crippen LogP contribution in [0.15, 0.2) is 84.4 Å². The predicted octanol–water partition coefficient (Wildman–Crippen LogP) is 7.69. The Morgan fingerprint density at radius 2 is 1.53 bits per heavy atom. The smallest absolute Gasteiger partial charge is 0.407 e. The number of amides is 1. The Labute approximate surface area is 273 Å². The maximum atomic E-state index is 12.5. The van der Waals surface area contributed by atoms with Gasteiger partial charge in [-0.25, -0.2) is 9.78 Å². The van der Waals surface area contributed by atoms with E-state index in [0.717, 1.165) is 48.4 Å². The number of carbonyl (C=O) groups excluding carboxylic acids is 1. The summed E-state index contributed by atoms with van der Waals surface area (Å²) in [6.45, 7) is 16.8. The summed E-state index contributed by atoms with van der Waals surface area (Å²) in [6, 6.07) is 28.3. The molecule has 3 aromatic carbocycles. The number of aromatic nitrogens is 1. The summed E-state index contributed by atoms with van der Waals surface area (Å²) in [7, 11) is -2.63. The molecule has 1 aliphatic heterocycles. The zero-order chi connectivity index (χ0) is 32.2. The van der Waals surface area contributed by atoms with Crippen molar-refractivity contribution in [1.29, 1.82) is 0 Å². The number of carbonyl (C=O) groups is 1. The summed E-state index contributed by atoms with van der Waals surface area (Å²) in [5, 5.41) is 5.54. The molecule has 1 fully saturated rings. The number of hydrogen-bond donors (Lipinski definition) is 1. The van der Waals surface area contributed by atoms with Gasteiger partial charge in [-0.1, -0.05) is 93.6 Å². The molecule has 5 rings (SSSR count). The monoisotopic (exact) mass is 641 g/mol. The van der Waals surface area contributed by atoms with E-state index in [2.05, 4.69) is 122 Å². The molecular weight excluding hydrogens is 595 g/mol. The molecule has 0 unspecified atom stereocenters. The molecular formula is C37H47N3O3SSi. The molecule has 0 aliphatic carbocycles. The van der Waals surface area contributed by atoms with Crippen molar-refractivity contribution in [2.45, 2.75) is 84.6 Å². The zero-order valence-electron chi connectivity index (χ0n) is 27.7. The SMILES string of the molecule is Cc1ncsc1-c1ccc(CNC(=O)OC(C)(C)C)c(N2CCC(O[Si](c3ccccc3)(c3ccccc3)C(C)(C)C)CC2)c1. The minimum Gasteiger partial charge on any atom is -0.444 e. The first-order valence-electron chi connectivity index (χ1n) is 15.9. The van der Waals surface area contributed by atoms with Crippen LogP contribution >= 0.6 is 11.3 Å². The lowest BCUT2D eigenvalue weighted by Crippen LogP contribution is -2.68. The van der Waals surface area contributed by atoms with Gasteiger partial charge < -0.3 is 19.4 Å². The second kappa shape index (κ2) is 13.5. The fraction of sp³-hybridized carbons (Fsp3) is 0.405. The maximum absolute atomic E-state index is 12.5. The van der Waals surface area contributed by atoms with Gasteiger partial charge in [-0.3, -0.25) is 0 Å². The highest BCUT2D eigenvalue weighted by Gasteiger charge is 2.51. The summed E-state index contributed by atoms with van der Waals surface area (Å²) >= 11 is 1.66. The zero-order valence-corrected chi connectivity index (χ0v) is 29.5. The third-order valence-corrected chi connectivity index (χ3v) is 14.5. The number of hydrogen-bond acceptors (Lipinski definition) is 6. The van der Waals surface area contributed by atoms with E-state index in [-0.39, 0.29) is 11.1 Å². The Morgan fingerprint density at radius 3 is 2.04 bits per heavy atom. The standard InChI is InChI=1S/C37H47N3O3SSi/c1-27-34(44-26-39-27)28-18-19-29(25-38-35(41)42-36(2,3)4)33(24-28)40-22-20-30(21-23-40)43-45(37(5,6)7,31-14-10-8-11-15-31)32-16-12-9-13-17-32/h8-19,24,26,30H,20-23,25H2,1-7H3,(H,38,41). The van der Waals surface area contributed by atoms with Crippen LogP contribution in [0.2, 0.25) is 5.04 Å². The van der Waals surface area contributed by atoms with Crippen LogP contribution in [-0.2, 0) is 15.7 Å². The molecule has 238 valence electrons. The summed E-state index contributed by atoms with van der Waals surface area (Å²) in [6.07, 6.45) is 1.58. The first-order valence-corrected chi connectivity index (χ1v) is 18.7. The Morgan fingerprint density at radius 1 is 0.933 bits per heavy atom. The van der Waals surface area contributed by atoms with Gasteiger partial charge in [-0.2, -0.15) is 0 Å². The molecule has 8 heteroatoms. The van der Waals surface area contributed by atoms with Crippen LogP contribution < -0.4 is 20.6 Å². The fourth-order valence-electron chi connectivity index (χ4n) is 6.37. The van der Waals surface area contributed by atoms with Gasteiger partial charge in [0, 0.05) is 31.4 Å². The normalized spacial score (nSPS) is 14.8. The number of nitrogens with one attached hydrogen (secondary N) is 1. The third-order valence-electron chi connectivity index (χ3n) is 8.46. The molecule has 0 bridgehead atoms. The van der Waals surface area contributed by atoms with Gasteiger partial charge >= 0.3 is 6.09 Å². The number of ether oxygens (including phenoxy) is 1. The summed E-state index contributed by atoms with van der Waals surface area (Å²) in [4.78, 5) is 20.7. The average Bonchev–Trinajstić information content (AvgIpc) is 3.44. The van der Waals surface area contributed by atoms with E-state index >= 15 is 0 Å². The molecule has 6 nitrogen and oxygen atoms in total. The van der Waals surface area contributed by atoms with Gasteiger partial charge in [0.05, 0.1) is 16.1 Å². The highest BCUT2D eigenvalue weighted by Crippen LogP contribution is 2.39. The number of alkyl carbamates (subject to hydrolysis) is 1. The summed E-state index contributed by atoms with van der Waals surface area (Å²) in [5.41, 5.74) is 5.74. The van der Waals surface area contributed by atoms with Gasteiger partial charge in [0.1, 0.15) is 5.60 Å². The topological polar surface area (TPSA) is 63.7 Å². The molecule has 45 heavy (non-hydrogen) atoms. The number of nitrogens with zero attached hydrogens (tertiary/aromatic N) is 2. The van der Waals surface area contributed by atoms with Gasteiger partial charge in [-0.05, 0) is 73.1 Å². The van der Waals surface area contributed by atoms with Crippen molar-refractivity contribution in [3.8, 4) is 10.4 Å². The van der Waals surface area contributed by atoms with Gasteiger partial charge in [-0.15, -0.1) is 11.3 Å². The van der Waals surface area contributed by atoms with E-state index in [1.54, 1.807) is 11.3 Å². The molecule has 4 aromatic rings. The Bertz CT molecular complexity index is 1530. The first kappa shape index (κ1) is 32.9. The Hall–Kier alpha value is -3.46. The van der Waals surface area contributed by atoms with Gasteiger partial charge in [0.15, 0.2) is 0 Å². The number of rotatable bonds is 8. The molecule has 1 saturated heterocycles. The lowest BCUT2D eigenvalue weighted by molar-refractivity contribution is 0.0523. The van der Waals surface area contributed by atoms with E-state index in [1.807, 2.05) is 26.3 Å². The van der Waals surface area contributed by atoms with Crippen molar-refractivity contribution < 1.29 is 14.0 Å². The van der Waals surface area contributed by atoms with E-state index in [4.69, 9.17) is 9.16 Å². The fourth-order valence-corrected chi connectivity index (χ4v) is 11.9. The molecule has 1 N–H and O–H groups in total. The van der Waals surface area contributed by atoms with Crippen LogP contribution in [0, 0.1) is 6.92 Å². The van der Waals surface area contributed by atoms with Crippen LogP contribution in [0.25, 0.3) is 10.4 Å². The average molecular weight is 642 g/mol. The van der Waals surface area contributed by atoms with Crippen molar-refractivity contribution in [3.63, 3.8) is 0 Å². The van der Waals surface area contributed by atoms with Crippen LogP contribution in [0.1, 0.15) is 65.6 Å². The Kier molecular flexibility index (Phi) is 9.87. The number of benzene rings is 3. The molecule has 1 aliphatic rings. The van der Waals surface area contributed by atoms with Crippen LogP contribution in [0.3, 0.4) is 0 Å². The lowest BCUT2D eigenvalue weighted by Gasteiger charge is -2.47. The number of anilines is 1. The molecule has 0 saturated carbocycles. The minimum absolute atomic E-state index is 0.0612. The molecule has 0 radical (unpaired) electrons. The van der Waals surface area contributed by atoms with Gasteiger partial charge in [0.2, 0.25) is 0 Å². The molecule has 1 aromatic heterocycles. The van der Waals surface area contributed by atoms with Crippen LogP contribution in [0.5, 0.6) is 0 Å². The quantitative estimate of drug-likeness (QED) is 0.200. The summed E-state index contributed by atoms with van der Waals surface area (Å²) in [5.74, 6) is 0. The largest absolute Gasteiger partial charge is 0.444 e. The lowest BCUT2D eigenvalue weighted by atomic mass is 10.0. The van der Waals surface area contributed by atoms with Crippen molar-refractivity contribution in [3.05, 3.63) is 95.6 Å². The third kappa shape index (κ3) is 7.51. The molecule has 2 heterocycles. The van der Waals surface area contributed by atoms with Crippen LogP contribution in [-0.4, -0.2) is 44.2 Å². The number of aryl methyl sites for hydroxylation is 1. The molecule has 1 amide bonds. The second-order valence-corrected chi connectivity index (χ2v) is 19.0. The highest BCUT2D eigenvalue weighted by molar-refractivity contribution is 7.13. The first-order chi connectivity index (χ1) is 21.4. The van der Waals surface area contributed by atoms with Crippen molar-refractivity contribution in [1.82, 2.24) is 10.3 Å². The van der Waals surface area contributed by atoms with Crippen molar-refractivity contribution in [2.75, 3.05) is 18.0 Å². The van der Waals surface area contributed by atoms with E-state index < -0.39 is 20.0 Å². The summed E-state index contributed by atoms with van der Waals surface area (Å²) < 4.78 is 13.0. The van der Waals surface area contributed by atoms with Gasteiger partial charge in [0.25, 0.3) is 8.32 Å². The molecule has 0 spiro atoms. The number of piperidine rings is 1. The highest BCUT2D eigenvalue weighted by atomic mass is 32.1. The maximum Gasteiger partial charge on any atom is 0.407 e. The van der Waals surface area contributed by atoms with Crippen molar-refractivity contribution in [2.24, 2.45) is 0 Å². The van der Waals surface area contributed by atoms with E-state index in [1.165, 1.54) is 15.3 Å². The van der Waals surface area contributed by atoms with Crippen molar-refractivity contribution >= 4 is 41.8 Å². The Balaban J connectivity index is 1.41. The van der Waals surface area contributed by atoms with E-state index in [0.29, 0.717) is 6.54 Å². The second-order valence-electron chi connectivity index (χ2n) is 13.9. The molecule has 0 atom stereocenters. The predicted molar refractivity (Wildman–Crippen MR) is 189 cm³/mol. The van der Waals surface area contributed by atoms with E-state index in [9.17, 15) is 4.79 Å². The van der Waals surface area contributed by atoms with Crippen LogP contribution in [0.4, 0.5) is 10.5 Å².